The van der Waals surface area contributed by atoms with E-state index in [1.807, 2.05) is 0 Å². The van der Waals surface area contributed by atoms with Crippen LogP contribution in [0.15, 0.2) is 59.8 Å². The third-order valence-corrected chi connectivity index (χ3v) is 5.93. The van der Waals surface area contributed by atoms with Crippen LogP contribution < -0.4 is 10.9 Å². The smallest absolute Gasteiger partial charge is 0.365 e. The number of alkyl halides is 3. The van der Waals surface area contributed by atoms with E-state index in [0.717, 1.165) is 16.6 Å². The summed E-state index contributed by atoms with van der Waals surface area (Å²) < 4.78 is 64.3. The highest BCUT2D eigenvalue weighted by molar-refractivity contribution is 7.89. The summed E-state index contributed by atoms with van der Waals surface area (Å²) in [6.45, 7) is 0. The molecule has 0 bridgehead atoms. The molecule has 2 aromatic heterocycles. The summed E-state index contributed by atoms with van der Waals surface area (Å²) in [5.74, 6) is -1.15. The van der Waals surface area contributed by atoms with Gasteiger partial charge in [-0.15, -0.1) is 0 Å². The number of amides is 1. The monoisotopic (exact) mass is 495 g/mol. The first-order valence-electron chi connectivity index (χ1n) is 9.06. The second-order valence-corrected chi connectivity index (χ2v) is 8.78. The van der Waals surface area contributed by atoms with Crippen LogP contribution >= 0.6 is 11.6 Å². The number of carbonyl (C=O) groups excluding carboxylic acids is 1. The highest BCUT2D eigenvalue weighted by Gasteiger charge is 2.31. The SMILES string of the molecule is NC(=O)c1c(S(N)(=O)=O)nn2c(-c3ccc(C(F)(F)F)cc3)c(-c3ccccc3Cl)cnc12. The van der Waals surface area contributed by atoms with Gasteiger partial charge in [0.1, 0.15) is 5.56 Å². The van der Waals surface area contributed by atoms with Crippen molar-refractivity contribution in [2.45, 2.75) is 11.2 Å². The number of halogens is 4. The van der Waals surface area contributed by atoms with Gasteiger partial charge in [-0.1, -0.05) is 41.9 Å². The molecule has 4 aromatic rings. The number of carbonyl (C=O) groups is 1. The van der Waals surface area contributed by atoms with Gasteiger partial charge in [-0.25, -0.2) is 23.1 Å². The molecule has 0 saturated carbocycles. The van der Waals surface area contributed by atoms with Gasteiger partial charge in [0.05, 0.1) is 11.3 Å². The van der Waals surface area contributed by atoms with Crippen LogP contribution in [0.25, 0.3) is 28.0 Å². The summed E-state index contributed by atoms with van der Waals surface area (Å²) in [7, 11) is -4.50. The van der Waals surface area contributed by atoms with E-state index in [9.17, 15) is 26.4 Å². The summed E-state index contributed by atoms with van der Waals surface area (Å²) in [4.78, 5) is 16.2. The van der Waals surface area contributed by atoms with Crippen molar-refractivity contribution in [1.82, 2.24) is 14.6 Å². The maximum atomic E-state index is 13.1. The highest BCUT2D eigenvalue weighted by atomic mass is 35.5. The number of nitrogens with zero attached hydrogens (tertiary/aromatic N) is 3. The van der Waals surface area contributed by atoms with Gasteiger partial charge >= 0.3 is 6.18 Å². The Kier molecular flexibility index (Phi) is 5.39. The molecule has 13 heteroatoms. The summed E-state index contributed by atoms with van der Waals surface area (Å²) in [6, 6.07) is 10.7. The number of aromatic nitrogens is 3. The summed E-state index contributed by atoms with van der Waals surface area (Å²) in [5.41, 5.74) is 4.77. The van der Waals surface area contributed by atoms with Gasteiger partial charge in [-0.05, 0) is 18.2 Å². The van der Waals surface area contributed by atoms with Crippen molar-refractivity contribution in [3.63, 3.8) is 0 Å². The van der Waals surface area contributed by atoms with Gasteiger partial charge in [-0.2, -0.15) is 18.3 Å². The molecular weight excluding hydrogens is 483 g/mol. The minimum Gasteiger partial charge on any atom is -0.365 e. The molecule has 0 atom stereocenters. The molecule has 1 amide bonds. The van der Waals surface area contributed by atoms with Gasteiger partial charge in [0.15, 0.2) is 5.65 Å². The van der Waals surface area contributed by atoms with Crippen LogP contribution in [0.3, 0.4) is 0 Å². The number of primary sulfonamides is 1. The van der Waals surface area contributed by atoms with E-state index in [-0.39, 0.29) is 16.9 Å². The maximum Gasteiger partial charge on any atom is 0.416 e. The largest absolute Gasteiger partial charge is 0.416 e. The van der Waals surface area contributed by atoms with Crippen LogP contribution in [0.5, 0.6) is 0 Å². The number of hydrogen-bond donors (Lipinski definition) is 2. The molecule has 0 aliphatic carbocycles. The Balaban J connectivity index is 2.14. The Labute approximate surface area is 189 Å². The zero-order valence-corrected chi connectivity index (χ0v) is 17.9. The molecule has 0 saturated heterocycles. The molecule has 4 N–H and O–H groups in total. The molecule has 0 fully saturated rings. The number of sulfonamides is 1. The molecule has 0 aliphatic rings. The van der Waals surface area contributed by atoms with Crippen molar-refractivity contribution in [2.24, 2.45) is 10.9 Å². The average molecular weight is 496 g/mol. The van der Waals surface area contributed by atoms with Gasteiger partial charge in [0, 0.05) is 27.9 Å². The van der Waals surface area contributed by atoms with Crippen molar-refractivity contribution >= 4 is 33.2 Å². The highest BCUT2D eigenvalue weighted by Crippen LogP contribution is 2.38. The maximum absolute atomic E-state index is 13.1. The normalized spacial score (nSPS) is 12.3. The lowest BCUT2D eigenvalue weighted by Crippen LogP contribution is -2.20. The standard InChI is InChI=1S/C20H13ClF3N5O3S/c21-14-4-2-1-3-12(14)13-9-27-18-15(17(25)30)19(33(26,31)32)28-29(18)16(13)10-5-7-11(8-6-10)20(22,23)24/h1-9H,(H2,25,30)(H2,26,31,32). The van der Waals surface area contributed by atoms with Crippen molar-refractivity contribution in [2.75, 3.05) is 0 Å². The van der Waals surface area contributed by atoms with E-state index < -0.39 is 38.3 Å². The van der Waals surface area contributed by atoms with E-state index in [1.54, 1.807) is 24.3 Å². The van der Waals surface area contributed by atoms with Crippen LogP contribution in [-0.2, 0) is 16.2 Å². The van der Waals surface area contributed by atoms with Crippen molar-refractivity contribution in [3.05, 3.63) is 70.9 Å². The molecule has 170 valence electrons. The van der Waals surface area contributed by atoms with Crippen LogP contribution in [0.1, 0.15) is 15.9 Å². The summed E-state index contributed by atoms with van der Waals surface area (Å²) >= 11 is 6.32. The number of nitrogens with two attached hydrogens (primary N) is 2. The zero-order chi connectivity index (χ0) is 24.1. The Hall–Kier alpha value is -3.48. The molecule has 0 radical (unpaired) electrons. The lowest BCUT2D eigenvalue weighted by Gasteiger charge is -2.14. The van der Waals surface area contributed by atoms with Crippen LogP contribution in [0.4, 0.5) is 13.2 Å². The van der Waals surface area contributed by atoms with E-state index in [2.05, 4.69) is 10.1 Å². The summed E-state index contributed by atoms with van der Waals surface area (Å²) in [5, 5.41) is 8.63. The van der Waals surface area contributed by atoms with Crippen LogP contribution in [0.2, 0.25) is 5.02 Å². The molecule has 0 unspecified atom stereocenters. The number of fused-ring (bicyclic) bond motifs is 1. The Morgan fingerprint density at radius 2 is 1.67 bits per heavy atom. The third kappa shape index (κ3) is 4.03. The lowest BCUT2D eigenvalue weighted by molar-refractivity contribution is -0.137. The predicted octanol–water partition coefficient (Wildman–Crippen LogP) is 3.48. The summed E-state index contributed by atoms with van der Waals surface area (Å²) in [6.07, 6.45) is -3.27. The number of primary amides is 1. The molecule has 2 heterocycles. The molecule has 8 nitrogen and oxygen atoms in total. The molecule has 33 heavy (non-hydrogen) atoms. The van der Waals surface area contributed by atoms with Crippen LogP contribution in [-0.4, -0.2) is 28.9 Å². The van der Waals surface area contributed by atoms with E-state index in [0.29, 0.717) is 16.1 Å². The fourth-order valence-corrected chi connectivity index (χ4v) is 4.26. The van der Waals surface area contributed by atoms with E-state index in [4.69, 9.17) is 22.5 Å². The quantitative estimate of drug-likeness (QED) is 0.447. The van der Waals surface area contributed by atoms with Crippen molar-refractivity contribution < 1.29 is 26.4 Å². The molecule has 0 aliphatic heterocycles. The first-order chi connectivity index (χ1) is 15.4. The first kappa shape index (κ1) is 22.7. The Morgan fingerprint density at radius 3 is 2.21 bits per heavy atom. The van der Waals surface area contributed by atoms with E-state index in [1.165, 1.54) is 18.3 Å². The second-order valence-electron chi connectivity index (χ2n) is 6.90. The topological polar surface area (TPSA) is 133 Å². The predicted molar refractivity (Wildman–Crippen MR) is 114 cm³/mol. The van der Waals surface area contributed by atoms with Gasteiger partial charge in [0.25, 0.3) is 15.9 Å². The van der Waals surface area contributed by atoms with E-state index >= 15 is 0 Å². The fraction of sp³-hybridized carbons (Fsp3) is 0.0500. The minimum atomic E-state index is -4.57. The molecule has 2 aromatic carbocycles. The second kappa shape index (κ2) is 7.83. The number of benzene rings is 2. The number of hydrogen-bond acceptors (Lipinski definition) is 5. The molecule has 4 rings (SSSR count). The lowest BCUT2D eigenvalue weighted by atomic mass is 9.99. The average Bonchev–Trinajstić information content (AvgIpc) is 3.13. The Morgan fingerprint density at radius 1 is 1.03 bits per heavy atom. The first-order valence-corrected chi connectivity index (χ1v) is 11.0. The third-order valence-electron chi connectivity index (χ3n) is 4.78. The minimum absolute atomic E-state index is 0.124. The number of rotatable bonds is 4. The Bertz CT molecular complexity index is 1520. The van der Waals surface area contributed by atoms with Gasteiger partial charge in [-0.3, -0.25) is 4.79 Å². The molecular formula is C20H13ClF3N5O3S. The molecule has 0 spiro atoms. The van der Waals surface area contributed by atoms with Crippen LogP contribution in [0, 0.1) is 0 Å². The van der Waals surface area contributed by atoms with Crippen molar-refractivity contribution in [1.29, 1.82) is 0 Å². The zero-order valence-electron chi connectivity index (χ0n) is 16.3. The fourth-order valence-electron chi connectivity index (χ4n) is 3.35. The van der Waals surface area contributed by atoms with Gasteiger partial charge in [0.2, 0.25) is 5.03 Å². The van der Waals surface area contributed by atoms with Crippen molar-refractivity contribution in [3.8, 4) is 22.4 Å². The van der Waals surface area contributed by atoms with Gasteiger partial charge < -0.3 is 5.73 Å².